The maximum Gasteiger partial charge on any atom is 0.278 e. The van der Waals surface area contributed by atoms with Gasteiger partial charge in [0.15, 0.2) is 5.69 Å². The molecule has 1 aliphatic heterocycles. The first-order valence-corrected chi connectivity index (χ1v) is 11.4. The van der Waals surface area contributed by atoms with E-state index in [0.717, 1.165) is 47.8 Å². The van der Waals surface area contributed by atoms with Crippen molar-refractivity contribution in [1.82, 2.24) is 19.9 Å². The summed E-state index contributed by atoms with van der Waals surface area (Å²) in [5, 5.41) is 11.3. The lowest BCUT2D eigenvalue weighted by molar-refractivity contribution is 0.102. The Labute approximate surface area is 181 Å². The molecule has 30 heavy (non-hydrogen) atoms. The zero-order valence-corrected chi connectivity index (χ0v) is 18.5. The lowest BCUT2D eigenvalue weighted by Gasteiger charge is -2.26. The Balaban J connectivity index is 1.47. The number of carbonyl (C=O) groups excluding carboxylic acids is 1. The molecule has 0 radical (unpaired) electrons. The topological polar surface area (TPSA) is 63.1 Å². The number of nitrogens with zero attached hydrogens (tertiary/aromatic N) is 4. The summed E-state index contributed by atoms with van der Waals surface area (Å²) in [4.78, 5) is 15.3. The number of hydrogen-bond donors (Lipinski definition) is 1. The molecule has 2 aromatic carbocycles. The van der Waals surface area contributed by atoms with Gasteiger partial charge in [0.25, 0.3) is 5.91 Å². The summed E-state index contributed by atoms with van der Waals surface area (Å²) in [5.74, 6) is 2.17. The van der Waals surface area contributed by atoms with Gasteiger partial charge in [-0.05, 0) is 55.7 Å². The highest BCUT2D eigenvalue weighted by Crippen LogP contribution is 2.21. The molecule has 1 fully saturated rings. The lowest BCUT2D eigenvalue weighted by Crippen LogP contribution is -2.31. The Morgan fingerprint density at radius 2 is 1.90 bits per heavy atom. The predicted octanol–water partition coefficient (Wildman–Crippen LogP) is 3.99. The van der Waals surface area contributed by atoms with Gasteiger partial charge in [-0.2, -0.15) is 11.8 Å². The molecule has 0 bridgehead atoms. The standard InChI is InChI=1S/C23H27N5OS/c1-16-5-4-6-20(13-16)28-18(3)22(25-26-28)23(29)24-21-8-7-19(14-17(21)2)15-27-9-11-30-12-10-27/h4-8,13-14H,9-12,15H2,1-3H3,(H,24,29). The van der Waals surface area contributed by atoms with Crippen LogP contribution in [0.15, 0.2) is 42.5 Å². The molecule has 156 valence electrons. The van der Waals surface area contributed by atoms with Crippen LogP contribution in [-0.4, -0.2) is 50.4 Å². The third-order valence-corrected chi connectivity index (χ3v) is 6.35. The number of hydrogen-bond acceptors (Lipinski definition) is 5. The van der Waals surface area contributed by atoms with Crippen LogP contribution in [0.25, 0.3) is 5.69 Å². The van der Waals surface area contributed by atoms with E-state index >= 15 is 0 Å². The number of benzene rings is 2. The van der Waals surface area contributed by atoms with Gasteiger partial charge in [-0.1, -0.05) is 29.5 Å². The third-order valence-electron chi connectivity index (χ3n) is 5.40. The van der Waals surface area contributed by atoms with E-state index in [1.165, 1.54) is 17.1 Å². The summed E-state index contributed by atoms with van der Waals surface area (Å²) < 4.78 is 1.70. The van der Waals surface area contributed by atoms with Gasteiger partial charge < -0.3 is 5.32 Å². The van der Waals surface area contributed by atoms with Crippen LogP contribution in [0.5, 0.6) is 0 Å². The molecule has 6 nitrogen and oxygen atoms in total. The van der Waals surface area contributed by atoms with Gasteiger partial charge in [0.2, 0.25) is 0 Å². The highest BCUT2D eigenvalue weighted by molar-refractivity contribution is 7.99. The minimum absolute atomic E-state index is 0.240. The fraction of sp³-hybridized carbons (Fsp3) is 0.348. The van der Waals surface area contributed by atoms with Gasteiger partial charge in [-0.3, -0.25) is 9.69 Å². The van der Waals surface area contributed by atoms with Crippen LogP contribution in [0.1, 0.15) is 32.9 Å². The average Bonchev–Trinajstić information content (AvgIpc) is 3.12. The van der Waals surface area contributed by atoms with Gasteiger partial charge in [-0.15, -0.1) is 5.10 Å². The van der Waals surface area contributed by atoms with Crippen LogP contribution < -0.4 is 5.32 Å². The first-order valence-electron chi connectivity index (χ1n) is 10.2. The number of carbonyl (C=O) groups is 1. The Morgan fingerprint density at radius 1 is 1.10 bits per heavy atom. The van der Waals surface area contributed by atoms with Crippen LogP contribution in [0, 0.1) is 20.8 Å². The van der Waals surface area contributed by atoms with Crippen molar-refractivity contribution in [3.8, 4) is 5.69 Å². The van der Waals surface area contributed by atoms with Crippen molar-refractivity contribution in [2.75, 3.05) is 29.9 Å². The van der Waals surface area contributed by atoms with E-state index < -0.39 is 0 Å². The molecule has 0 atom stereocenters. The zero-order valence-electron chi connectivity index (χ0n) is 17.7. The first kappa shape index (κ1) is 20.6. The van der Waals surface area contributed by atoms with Crippen molar-refractivity contribution in [2.24, 2.45) is 0 Å². The van der Waals surface area contributed by atoms with Crippen LogP contribution >= 0.6 is 11.8 Å². The summed E-state index contributed by atoms with van der Waals surface area (Å²) in [5.41, 5.74) is 6.22. The van der Waals surface area contributed by atoms with E-state index in [-0.39, 0.29) is 5.91 Å². The predicted molar refractivity (Wildman–Crippen MR) is 123 cm³/mol. The van der Waals surface area contributed by atoms with Gasteiger partial charge in [0, 0.05) is 36.8 Å². The molecule has 4 rings (SSSR count). The Bertz CT molecular complexity index is 1060. The van der Waals surface area contributed by atoms with E-state index in [0.29, 0.717) is 5.69 Å². The van der Waals surface area contributed by atoms with E-state index in [2.05, 4.69) is 32.7 Å². The molecule has 0 spiro atoms. The summed E-state index contributed by atoms with van der Waals surface area (Å²) in [6, 6.07) is 14.2. The molecule has 3 aromatic rings. The van der Waals surface area contributed by atoms with E-state index in [1.54, 1.807) is 4.68 Å². The largest absolute Gasteiger partial charge is 0.320 e. The Kier molecular flexibility index (Phi) is 6.20. The Morgan fingerprint density at radius 3 is 2.63 bits per heavy atom. The summed E-state index contributed by atoms with van der Waals surface area (Å²) in [7, 11) is 0. The molecule has 0 unspecified atom stereocenters. The molecular formula is C23H27N5OS. The van der Waals surface area contributed by atoms with Gasteiger partial charge >= 0.3 is 0 Å². The van der Waals surface area contributed by atoms with Gasteiger partial charge in [0.05, 0.1) is 11.4 Å². The number of aryl methyl sites for hydroxylation is 2. The molecule has 0 saturated carbocycles. The highest BCUT2D eigenvalue weighted by atomic mass is 32.2. The van der Waals surface area contributed by atoms with Crippen molar-refractivity contribution >= 4 is 23.4 Å². The van der Waals surface area contributed by atoms with Gasteiger partial charge in [0.1, 0.15) is 0 Å². The second-order valence-corrected chi connectivity index (χ2v) is 8.99. The molecule has 0 aliphatic carbocycles. The van der Waals surface area contributed by atoms with Crippen molar-refractivity contribution in [1.29, 1.82) is 0 Å². The number of nitrogens with one attached hydrogen (secondary N) is 1. The van der Waals surface area contributed by atoms with Gasteiger partial charge in [-0.25, -0.2) is 4.68 Å². The maximum absolute atomic E-state index is 12.9. The fourth-order valence-electron chi connectivity index (χ4n) is 3.71. The van der Waals surface area contributed by atoms with Crippen molar-refractivity contribution in [2.45, 2.75) is 27.3 Å². The van der Waals surface area contributed by atoms with E-state index in [1.807, 2.05) is 62.9 Å². The molecule has 1 aliphatic rings. The quantitative estimate of drug-likeness (QED) is 0.675. The average molecular weight is 422 g/mol. The number of aromatic nitrogens is 3. The SMILES string of the molecule is Cc1cccc(-n2nnc(C(=O)Nc3ccc(CN4CCSCC4)cc3C)c2C)c1. The summed E-state index contributed by atoms with van der Waals surface area (Å²) in [6.45, 7) is 9.15. The number of amides is 1. The lowest BCUT2D eigenvalue weighted by atomic mass is 10.1. The zero-order chi connectivity index (χ0) is 21.1. The first-order chi connectivity index (χ1) is 14.5. The van der Waals surface area contributed by atoms with Crippen molar-refractivity contribution in [3.63, 3.8) is 0 Å². The smallest absolute Gasteiger partial charge is 0.278 e. The molecule has 7 heteroatoms. The third kappa shape index (κ3) is 4.57. The van der Waals surface area contributed by atoms with Crippen LogP contribution in [0.3, 0.4) is 0 Å². The monoisotopic (exact) mass is 421 g/mol. The highest BCUT2D eigenvalue weighted by Gasteiger charge is 2.18. The second kappa shape index (κ2) is 9.02. The minimum Gasteiger partial charge on any atom is -0.320 e. The molecule has 2 heterocycles. The van der Waals surface area contributed by atoms with E-state index in [4.69, 9.17) is 0 Å². The second-order valence-electron chi connectivity index (χ2n) is 7.77. The van der Waals surface area contributed by atoms with Crippen LogP contribution in [0.2, 0.25) is 0 Å². The number of anilines is 1. The van der Waals surface area contributed by atoms with E-state index in [9.17, 15) is 4.79 Å². The summed E-state index contributed by atoms with van der Waals surface area (Å²) in [6.07, 6.45) is 0. The molecule has 1 amide bonds. The summed E-state index contributed by atoms with van der Waals surface area (Å²) >= 11 is 2.02. The Hall–Kier alpha value is -2.64. The number of thioether (sulfide) groups is 1. The molecular weight excluding hydrogens is 394 g/mol. The van der Waals surface area contributed by atoms with Crippen LogP contribution in [0.4, 0.5) is 5.69 Å². The van der Waals surface area contributed by atoms with Crippen LogP contribution in [-0.2, 0) is 6.54 Å². The molecule has 1 aromatic heterocycles. The fourth-order valence-corrected chi connectivity index (χ4v) is 4.69. The van der Waals surface area contributed by atoms with Crippen molar-refractivity contribution < 1.29 is 4.79 Å². The maximum atomic E-state index is 12.9. The minimum atomic E-state index is -0.240. The normalized spacial score (nSPS) is 14.6. The van der Waals surface area contributed by atoms with Crippen molar-refractivity contribution in [3.05, 3.63) is 70.5 Å². The molecule has 1 N–H and O–H groups in total. The number of rotatable bonds is 5. The molecule has 1 saturated heterocycles.